The Morgan fingerprint density at radius 3 is 2.85 bits per heavy atom. The largest absolute Gasteiger partial charge is 0.295 e. The van der Waals surface area contributed by atoms with Gasteiger partial charge >= 0.3 is 0 Å². The van der Waals surface area contributed by atoms with Crippen LogP contribution in [-0.2, 0) is 11.2 Å². The first kappa shape index (κ1) is 8.24. The first-order chi connectivity index (χ1) is 6.27. The Bertz CT molecular complexity index is 374. The second kappa shape index (κ2) is 3.17. The summed E-state index contributed by atoms with van der Waals surface area (Å²) in [5.41, 5.74) is 3.83. The summed E-state index contributed by atoms with van der Waals surface area (Å²) in [5, 5.41) is 0. The first-order valence-corrected chi connectivity index (χ1v) is 4.57. The normalized spacial score (nSPS) is 17.5. The van der Waals surface area contributed by atoms with E-state index in [0.717, 1.165) is 12.8 Å². The van der Waals surface area contributed by atoms with Gasteiger partial charge in [-0.05, 0) is 42.5 Å². The number of hydrogen-bond acceptors (Lipinski definition) is 1. The van der Waals surface area contributed by atoms with Gasteiger partial charge in [-0.2, -0.15) is 0 Å². The summed E-state index contributed by atoms with van der Waals surface area (Å²) >= 11 is 0. The van der Waals surface area contributed by atoms with E-state index < -0.39 is 0 Å². The van der Waals surface area contributed by atoms with E-state index in [0.29, 0.717) is 0 Å². The molecule has 0 N–H and O–H groups in total. The lowest BCUT2D eigenvalue weighted by molar-refractivity contribution is -0.112. The molecule has 0 saturated heterocycles. The zero-order chi connectivity index (χ0) is 9.26. The molecule has 0 spiro atoms. The molecule has 0 amide bonds. The molecule has 0 aliphatic heterocycles. The highest BCUT2D eigenvalue weighted by Gasteiger charge is 2.14. The molecule has 1 aromatic rings. The van der Waals surface area contributed by atoms with Crippen molar-refractivity contribution in [2.45, 2.75) is 19.8 Å². The molecule has 2 rings (SSSR count). The lowest BCUT2D eigenvalue weighted by Gasteiger charge is -1.98. The number of aryl methyl sites for hydroxylation is 1. The molecule has 0 bridgehead atoms. The first-order valence-electron chi connectivity index (χ1n) is 4.57. The molecule has 1 aromatic carbocycles. The van der Waals surface area contributed by atoms with Crippen LogP contribution in [0.25, 0.3) is 5.57 Å². The van der Waals surface area contributed by atoms with Crippen LogP contribution in [-0.4, -0.2) is 5.78 Å². The highest BCUT2D eigenvalue weighted by Crippen LogP contribution is 2.31. The van der Waals surface area contributed by atoms with Gasteiger partial charge in [-0.25, -0.2) is 0 Å². The van der Waals surface area contributed by atoms with Gasteiger partial charge in [0.05, 0.1) is 0 Å². The van der Waals surface area contributed by atoms with Crippen LogP contribution in [0.3, 0.4) is 0 Å². The summed E-state index contributed by atoms with van der Waals surface area (Å²) in [6.07, 6.45) is 3.85. The number of hydrogen-bond donors (Lipinski definition) is 0. The monoisotopic (exact) mass is 172 g/mol. The van der Waals surface area contributed by atoms with Crippen molar-refractivity contribution in [3.8, 4) is 0 Å². The molecule has 1 aliphatic rings. The molecule has 0 unspecified atom stereocenters. The molecule has 0 aromatic heterocycles. The van der Waals surface area contributed by atoms with Crippen LogP contribution in [0.4, 0.5) is 0 Å². The van der Waals surface area contributed by atoms with E-state index in [1.807, 2.05) is 6.07 Å². The summed E-state index contributed by atoms with van der Waals surface area (Å²) in [7, 11) is 0. The second-order valence-corrected chi connectivity index (χ2v) is 3.44. The molecular formula is C12H12O. The number of benzene rings is 1. The summed E-state index contributed by atoms with van der Waals surface area (Å²) < 4.78 is 0. The minimum Gasteiger partial charge on any atom is -0.295 e. The number of rotatable bonds is 1. The Kier molecular flexibility index (Phi) is 2.01. The van der Waals surface area contributed by atoms with E-state index in [9.17, 15) is 4.79 Å². The standard InChI is InChI=1S/C12H12O/c1-9(13)8-11-7-6-10-4-2-3-5-12(10)11/h2-5,8H,6-7H2,1H3. The molecule has 0 fully saturated rings. The maximum atomic E-state index is 10.9. The van der Waals surface area contributed by atoms with E-state index in [-0.39, 0.29) is 5.78 Å². The topological polar surface area (TPSA) is 17.1 Å². The van der Waals surface area contributed by atoms with Crippen LogP contribution in [0.15, 0.2) is 30.3 Å². The molecule has 1 nitrogen and oxygen atoms in total. The van der Waals surface area contributed by atoms with E-state index in [1.54, 1.807) is 13.0 Å². The van der Waals surface area contributed by atoms with Gasteiger partial charge in [0.25, 0.3) is 0 Å². The Balaban J connectivity index is 2.44. The van der Waals surface area contributed by atoms with Crippen molar-refractivity contribution in [2.24, 2.45) is 0 Å². The highest BCUT2D eigenvalue weighted by molar-refractivity contribution is 5.96. The molecule has 0 heterocycles. The fourth-order valence-electron chi connectivity index (χ4n) is 1.85. The molecule has 66 valence electrons. The zero-order valence-electron chi connectivity index (χ0n) is 7.71. The minimum atomic E-state index is 0.145. The van der Waals surface area contributed by atoms with Gasteiger partial charge in [0.2, 0.25) is 0 Å². The van der Waals surface area contributed by atoms with Crippen LogP contribution in [0.1, 0.15) is 24.5 Å². The lowest BCUT2D eigenvalue weighted by atomic mass is 10.1. The summed E-state index contributed by atoms with van der Waals surface area (Å²) in [4.78, 5) is 10.9. The maximum Gasteiger partial charge on any atom is 0.152 e. The average molecular weight is 172 g/mol. The van der Waals surface area contributed by atoms with Gasteiger partial charge in [-0.3, -0.25) is 4.79 Å². The third-order valence-electron chi connectivity index (χ3n) is 2.40. The van der Waals surface area contributed by atoms with Crippen molar-refractivity contribution in [1.82, 2.24) is 0 Å². The Morgan fingerprint density at radius 1 is 1.31 bits per heavy atom. The Labute approximate surface area is 78.1 Å². The van der Waals surface area contributed by atoms with Crippen molar-refractivity contribution in [3.05, 3.63) is 41.5 Å². The third-order valence-corrected chi connectivity index (χ3v) is 2.40. The highest BCUT2D eigenvalue weighted by atomic mass is 16.1. The van der Waals surface area contributed by atoms with Gasteiger partial charge < -0.3 is 0 Å². The Hall–Kier alpha value is -1.37. The van der Waals surface area contributed by atoms with E-state index in [2.05, 4.69) is 18.2 Å². The SMILES string of the molecule is CC(=O)C=C1CCc2ccccc21. The van der Waals surface area contributed by atoms with Crippen LogP contribution in [0.5, 0.6) is 0 Å². The summed E-state index contributed by atoms with van der Waals surface area (Å²) in [6.45, 7) is 1.61. The number of ketones is 1. The maximum absolute atomic E-state index is 10.9. The van der Waals surface area contributed by atoms with Crippen LogP contribution < -0.4 is 0 Å². The van der Waals surface area contributed by atoms with Gasteiger partial charge in [0.1, 0.15) is 0 Å². The van der Waals surface area contributed by atoms with Crippen molar-refractivity contribution in [3.63, 3.8) is 0 Å². The van der Waals surface area contributed by atoms with Crippen LogP contribution in [0.2, 0.25) is 0 Å². The quantitative estimate of drug-likeness (QED) is 0.595. The molecule has 1 heteroatoms. The fourth-order valence-corrected chi connectivity index (χ4v) is 1.85. The summed E-state index contributed by atoms with van der Waals surface area (Å²) in [5.74, 6) is 0.145. The van der Waals surface area contributed by atoms with Crippen molar-refractivity contribution in [1.29, 1.82) is 0 Å². The van der Waals surface area contributed by atoms with E-state index in [4.69, 9.17) is 0 Å². The average Bonchev–Trinajstić information content (AvgIpc) is 2.48. The summed E-state index contributed by atoms with van der Waals surface area (Å²) in [6, 6.07) is 8.31. The van der Waals surface area contributed by atoms with Crippen molar-refractivity contribution in [2.75, 3.05) is 0 Å². The van der Waals surface area contributed by atoms with Gasteiger partial charge in [0.15, 0.2) is 5.78 Å². The van der Waals surface area contributed by atoms with Gasteiger partial charge in [-0.1, -0.05) is 24.3 Å². The molecular weight excluding hydrogens is 160 g/mol. The van der Waals surface area contributed by atoms with E-state index in [1.165, 1.54) is 16.7 Å². The molecule has 13 heavy (non-hydrogen) atoms. The molecule has 0 saturated carbocycles. The second-order valence-electron chi connectivity index (χ2n) is 3.44. The zero-order valence-corrected chi connectivity index (χ0v) is 7.71. The predicted octanol–water partition coefficient (Wildman–Crippen LogP) is 2.61. The van der Waals surface area contributed by atoms with Crippen LogP contribution in [0, 0.1) is 0 Å². The van der Waals surface area contributed by atoms with Gasteiger partial charge in [0, 0.05) is 0 Å². The number of carbonyl (C=O) groups is 1. The van der Waals surface area contributed by atoms with E-state index >= 15 is 0 Å². The lowest BCUT2D eigenvalue weighted by Crippen LogP contribution is -1.85. The number of allylic oxidation sites excluding steroid dienone is 2. The minimum absolute atomic E-state index is 0.145. The number of fused-ring (bicyclic) bond motifs is 1. The van der Waals surface area contributed by atoms with Crippen LogP contribution >= 0.6 is 0 Å². The molecule has 0 radical (unpaired) electrons. The smallest absolute Gasteiger partial charge is 0.152 e. The van der Waals surface area contributed by atoms with Crippen molar-refractivity contribution < 1.29 is 4.79 Å². The predicted molar refractivity (Wildman–Crippen MR) is 53.4 cm³/mol. The molecule has 1 aliphatic carbocycles. The third kappa shape index (κ3) is 1.55. The molecule has 0 atom stereocenters. The fraction of sp³-hybridized carbons (Fsp3) is 0.250. The Morgan fingerprint density at radius 2 is 2.08 bits per heavy atom. The number of carbonyl (C=O) groups excluding carboxylic acids is 1. The van der Waals surface area contributed by atoms with Gasteiger partial charge in [-0.15, -0.1) is 0 Å². The van der Waals surface area contributed by atoms with Crippen molar-refractivity contribution >= 4 is 11.4 Å².